The van der Waals surface area contributed by atoms with Crippen molar-refractivity contribution in [2.75, 3.05) is 25.5 Å². The smallest absolute Gasteiger partial charge is 0.274 e. The summed E-state index contributed by atoms with van der Waals surface area (Å²) in [6, 6.07) is 6.56. The molecule has 1 saturated heterocycles. The number of hydrogen-bond acceptors (Lipinski definition) is 6. The molecular formula is C18H23N5O4S. The zero-order valence-corrected chi connectivity index (χ0v) is 16.6. The van der Waals surface area contributed by atoms with Crippen LogP contribution in [0.3, 0.4) is 0 Å². The highest BCUT2D eigenvalue weighted by molar-refractivity contribution is 7.89. The molecule has 0 radical (unpaired) electrons. The van der Waals surface area contributed by atoms with Crippen molar-refractivity contribution in [2.24, 2.45) is 13.0 Å². The van der Waals surface area contributed by atoms with E-state index in [4.69, 9.17) is 4.74 Å². The number of nitrogens with zero attached hydrogens (tertiary/aromatic N) is 3. The third kappa shape index (κ3) is 3.45. The van der Waals surface area contributed by atoms with Gasteiger partial charge in [-0.15, -0.1) is 0 Å². The summed E-state index contributed by atoms with van der Waals surface area (Å²) in [5.74, 6) is 0.575. The minimum atomic E-state index is -3.60. The van der Waals surface area contributed by atoms with Crippen molar-refractivity contribution in [3.05, 3.63) is 36.2 Å². The monoisotopic (exact) mass is 405 g/mol. The SMILES string of the molecule is COc1ccc2c(c1)NC(C1CCN(C(=O)c3ccn(C)n3)CC1)NS2(=O)=O. The fourth-order valence-corrected chi connectivity index (χ4v) is 5.12. The molecule has 0 saturated carbocycles. The van der Waals surface area contributed by atoms with E-state index in [9.17, 15) is 13.2 Å². The maximum absolute atomic E-state index is 12.6. The van der Waals surface area contributed by atoms with Crippen molar-refractivity contribution < 1.29 is 17.9 Å². The molecule has 1 unspecified atom stereocenters. The molecule has 1 aromatic heterocycles. The van der Waals surface area contributed by atoms with Gasteiger partial charge in [0.25, 0.3) is 5.91 Å². The third-order valence-electron chi connectivity index (χ3n) is 5.30. The van der Waals surface area contributed by atoms with Gasteiger partial charge in [0, 0.05) is 32.4 Å². The molecule has 0 aliphatic carbocycles. The highest BCUT2D eigenvalue weighted by Crippen LogP contribution is 2.33. The summed E-state index contributed by atoms with van der Waals surface area (Å²) >= 11 is 0. The fourth-order valence-electron chi connectivity index (χ4n) is 3.75. The Bertz CT molecular complexity index is 995. The zero-order chi connectivity index (χ0) is 19.9. The van der Waals surface area contributed by atoms with E-state index in [1.807, 2.05) is 0 Å². The summed E-state index contributed by atoms with van der Waals surface area (Å²) < 4.78 is 34.8. The van der Waals surface area contributed by atoms with Crippen LogP contribution in [0.5, 0.6) is 5.75 Å². The Hall–Kier alpha value is -2.59. The van der Waals surface area contributed by atoms with Gasteiger partial charge >= 0.3 is 0 Å². The molecule has 9 nitrogen and oxygen atoms in total. The minimum absolute atomic E-state index is 0.0712. The molecule has 0 spiro atoms. The third-order valence-corrected chi connectivity index (χ3v) is 6.80. The van der Waals surface area contributed by atoms with Crippen molar-refractivity contribution in [1.82, 2.24) is 19.4 Å². The van der Waals surface area contributed by atoms with Crippen LogP contribution in [0, 0.1) is 5.92 Å². The highest BCUT2D eigenvalue weighted by Gasteiger charge is 2.36. The molecule has 1 atom stereocenters. The molecule has 28 heavy (non-hydrogen) atoms. The molecule has 10 heteroatoms. The molecule has 1 aromatic carbocycles. The normalized spacial score (nSPS) is 21.6. The fraction of sp³-hybridized carbons (Fsp3) is 0.444. The van der Waals surface area contributed by atoms with Crippen molar-refractivity contribution in [3.63, 3.8) is 0 Å². The van der Waals surface area contributed by atoms with Crippen LogP contribution in [0.4, 0.5) is 5.69 Å². The topological polar surface area (TPSA) is 106 Å². The van der Waals surface area contributed by atoms with Gasteiger partial charge in [-0.1, -0.05) is 0 Å². The Morgan fingerprint density at radius 1 is 1.25 bits per heavy atom. The predicted octanol–water partition coefficient (Wildman–Crippen LogP) is 1.01. The number of anilines is 1. The van der Waals surface area contributed by atoms with Crippen LogP contribution in [-0.2, 0) is 17.1 Å². The van der Waals surface area contributed by atoms with Crippen LogP contribution in [0.15, 0.2) is 35.4 Å². The van der Waals surface area contributed by atoms with Crippen LogP contribution < -0.4 is 14.8 Å². The molecule has 3 heterocycles. The van der Waals surface area contributed by atoms with E-state index in [0.717, 1.165) is 0 Å². The Morgan fingerprint density at radius 3 is 2.64 bits per heavy atom. The Morgan fingerprint density at radius 2 is 2.00 bits per heavy atom. The lowest BCUT2D eigenvalue weighted by Crippen LogP contribution is -2.52. The van der Waals surface area contributed by atoms with E-state index in [-0.39, 0.29) is 16.7 Å². The number of carbonyl (C=O) groups is 1. The van der Waals surface area contributed by atoms with Crippen molar-refractivity contribution in [2.45, 2.75) is 23.9 Å². The first-order chi connectivity index (χ1) is 13.4. The molecule has 2 aliphatic rings. The van der Waals surface area contributed by atoms with Gasteiger partial charge in [0.05, 0.1) is 19.0 Å². The summed E-state index contributed by atoms with van der Waals surface area (Å²) in [7, 11) is -0.278. The molecule has 2 N–H and O–H groups in total. The molecule has 2 aromatic rings. The van der Waals surface area contributed by atoms with Crippen LogP contribution in [0.1, 0.15) is 23.3 Å². The number of hydrogen-bond donors (Lipinski definition) is 2. The number of carbonyl (C=O) groups excluding carboxylic acids is 1. The van der Waals surface area contributed by atoms with Crippen LogP contribution in [-0.4, -0.2) is 55.4 Å². The van der Waals surface area contributed by atoms with Gasteiger partial charge in [0.1, 0.15) is 16.3 Å². The van der Waals surface area contributed by atoms with Gasteiger partial charge in [-0.2, -0.15) is 9.82 Å². The number of piperidine rings is 1. The second kappa shape index (κ2) is 7.10. The zero-order valence-electron chi connectivity index (χ0n) is 15.8. The summed E-state index contributed by atoms with van der Waals surface area (Å²) in [5.41, 5.74) is 0.966. The lowest BCUT2D eigenvalue weighted by Gasteiger charge is -2.38. The molecule has 1 fully saturated rings. The first kappa shape index (κ1) is 18.8. The number of rotatable bonds is 3. The van der Waals surface area contributed by atoms with E-state index >= 15 is 0 Å². The van der Waals surface area contributed by atoms with E-state index in [2.05, 4.69) is 15.1 Å². The summed E-state index contributed by atoms with van der Waals surface area (Å²) in [6.07, 6.45) is 2.71. The number of ether oxygens (including phenoxy) is 1. The molecule has 0 bridgehead atoms. The number of likely N-dealkylation sites (tertiary alicyclic amines) is 1. The number of fused-ring (bicyclic) bond motifs is 1. The van der Waals surface area contributed by atoms with Gasteiger partial charge in [-0.3, -0.25) is 9.48 Å². The summed E-state index contributed by atoms with van der Waals surface area (Å²) in [6.45, 7) is 1.12. The van der Waals surface area contributed by atoms with E-state index in [0.29, 0.717) is 43.1 Å². The minimum Gasteiger partial charge on any atom is -0.497 e. The van der Waals surface area contributed by atoms with Crippen molar-refractivity contribution in [3.8, 4) is 5.75 Å². The maximum atomic E-state index is 12.6. The molecule has 150 valence electrons. The average Bonchev–Trinajstić information content (AvgIpc) is 3.12. The summed E-state index contributed by atoms with van der Waals surface area (Å²) in [5, 5.41) is 7.45. The second-order valence-corrected chi connectivity index (χ2v) is 8.79. The van der Waals surface area contributed by atoms with Crippen molar-refractivity contribution >= 4 is 21.6 Å². The number of aryl methyl sites for hydroxylation is 1. The Kier molecular flexibility index (Phi) is 4.76. The van der Waals surface area contributed by atoms with Gasteiger partial charge in [-0.25, -0.2) is 8.42 Å². The van der Waals surface area contributed by atoms with Gasteiger partial charge in [0.2, 0.25) is 10.0 Å². The maximum Gasteiger partial charge on any atom is 0.274 e. The number of methoxy groups -OCH3 is 1. The van der Waals surface area contributed by atoms with Gasteiger partial charge in [-0.05, 0) is 37.0 Å². The predicted molar refractivity (Wildman–Crippen MR) is 103 cm³/mol. The van der Waals surface area contributed by atoms with E-state index in [1.165, 1.54) is 6.07 Å². The van der Waals surface area contributed by atoms with Gasteiger partial charge in [0.15, 0.2) is 0 Å². The highest BCUT2D eigenvalue weighted by atomic mass is 32.2. The van der Waals surface area contributed by atoms with Gasteiger partial charge < -0.3 is 15.0 Å². The average molecular weight is 405 g/mol. The standard InChI is InChI=1S/C18H23N5O4S/c1-22-8-7-14(20-22)18(24)23-9-5-12(6-10-23)17-19-15-11-13(27-2)3-4-16(15)28(25,26)21-17/h3-4,7-8,11-12,17,19,21H,5-6,9-10H2,1-2H3. The summed E-state index contributed by atoms with van der Waals surface area (Å²) in [4.78, 5) is 14.5. The van der Waals surface area contributed by atoms with Crippen LogP contribution in [0.2, 0.25) is 0 Å². The molecule has 2 aliphatic heterocycles. The van der Waals surface area contributed by atoms with Crippen LogP contribution >= 0.6 is 0 Å². The lowest BCUT2D eigenvalue weighted by atomic mass is 9.93. The number of sulfonamides is 1. The lowest BCUT2D eigenvalue weighted by molar-refractivity contribution is 0.0672. The number of aromatic nitrogens is 2. The molecule has 1 amide bonds. The number of nitrogens with one attached hydrogen (secondary N) is 2. The quantitative estimate of drug-likeness (QED) is 0.790. The molecule has 4 rings (SSSR count). The largest absolute Gasteiger partial charge is 0.497 e. The first-order valence-corrected chi connectivity index (χ1v) is 10.6. The van der Waals surface area contributed by atoms with E-state index < -0.39 is 16.2 Å². The van der Waals surface area contributed by atoms with E-state index in [1.54, 1.807) is 48.1 Å². The van der Waals surface area contributed by atoms with Crippen LogP contribution in [0.25, 0.3) is 0 Å². The molecular weight excluding hydrogens is 382 g/mol. The number of benzene rings is 1. The number of amides is 1. The first-order valence-electron chi connectivity index (χ1n) is 9.13. The van der Waals surface area contributed by atoms with Crippen molar-refractivity contribution in [1.29, 1.82) is 0 Å². The Labute approximate surface area is 163 Å². The second-order valence-electron chi connectivity index (χ2n) is 7.11. The Balaban J connectivity index is 1.45.